The van der Waals surface area contributed by atoms with Gasteiger partial charge in [-0.1, -0.05) is 24.3 Å². The summed E-state index contributed by atoms with van der Waals surface area (Å²) in [6.45, 7) is 4.89. The summed E-state index contributed by atoms with van der Waals surface area (Å²) in [6.07, 6.45) is 3.80. The van der Waals surface area contributed by atoms with Crippen molar-refractivity contribution in [3.05, 3.63) is 59.7 Å². The van der Waals surface area contributed by atoms with E-state index in [1.165, 1.54) is 12.4 Å². The second-order valence-electron chi connectivity index (χ2n) is 6.38. The summed E-state index contributed by atoms with van der Waals surface area (Å²) < 4.78 is 11.0. The van der Waals surface area contributed by atoms with Gasteiger partial charge in [-0.2, -0.15) is 10.2 Å². The zero-order chi connectivity index (χ0) is 22.3. The lowest BCUT2D eigenvalue weighted by Crippen LogP contribution is -2.20. The van der Waals surface area contributed by atoms with E-state index in [0.717, 1.165) is 11.1 Å². The minimum absolute atomic E-state index is 0.175. The van der Waals surface area contributed by atoms with Crippen LogP contribution in [0, 0.1) is 0 Å². The van der Waals surface area contributed by atoms with Crippen molar-refractivity contribution in [3.8, 4) is 11.5 Å². The molecule has 2 rings (SSSR count). The van der Waals surface area contributed by atoms with Crippen molar-refractivity contribution >= 4 is 24.2 Å². The number of amides is 2. The Kier molecular flexibility index (Phi) is 10.3. The maximum absolute atomic E-state index is 11.9. The molecule has 0 fully saturated rings. The van der Waals surface area contributed by atoms with Crippen LogP contribution in [0.15, 0.2) is 58.7 Å². The molecule has 8 heteroatoms. The molecule has 8 nitrogen and oxygen atoms in total. The minimum atomic E-state index is -0.271. The lowest BCUT2D eigenvalue weighted by molar-refractivity contribution is -0.122. The maximum atomic E-state index is 11.9. The molecular formula is C23H28N4O4. The molecule has 0 heterocycles. The summed E-state index contributed by atoms with van der Waals surface area (Å²) in [5.41, 5.74) is 6.46. The van der Waals surface area contributed by atoms with Gasteiger partial charge in [-0.15, -0.1) is 0 Å². The van der Waals surface area contributed by atoms with E-state index in [9.17, 15) is 9.59 Å². The molecule has 0 aromatic heterocycles. The highest BCUT2D eigenvalue weighted by Gasteiger charge is 2.05. The number of hydrogen-bond acceptors (Lipinski definition) is 6. The normalized spacial score (nSPS) is 10.9. The molecule has 31 heavy (non-hydrogen) atoms. The summed E-state index contributed by atoms with van der Waals surface area (Å²) in [5.74, 6) is 0.854. The summed E-state index contributed by atoms with van der Waals surface area (Å²) in [7, 11) is 0. The molecule has 0 saturated carbocycles. The van der Waals surface area contributed by atoms with E-state index in [1.54, 1.807) is 0 Å². The van der Waals surface area contributed by atoms with Crippen LogP contribution in [0.4, 0.5) is 0 Å². The highest BCUT2D eigenvalue weighted by molar-refractivity contribution is 5.86. The van der Waals surface area contributed by atoms with Gasteiger partial charge in [-0.25, -0.2) is 10.9 Å². The molecule has 0 unspecified atom stereocenters. The fourth-order valence-electron chi connectivity index (χ4n) is 2.62. The van der Waals surface area contributed by atoms with Crippen LogP contribution in [-0.4, -0.2) is 37.5 Å². The Morgan fingerprint density at radius 2 is 1.19 bits per heavy atom. The van der Waals surface area contributed by atoms with E-state index in [0.29, 0.717) is 31.1 Å². The van der Waals surface area contributed by atoms with Gasteiger partial charge in [0.1, 0.15) is 11.5 Å². The molecule has 0 radical (unpaired) electrons. The van der Waals surface area contributed by atoms with Crippen molar-refractivity contribution in [2.45, 2.75) is 33.1 Å². The Balaban J connectivity index is 1.70. The third kappa shape index (κ3) is 8.69. The third-order valence-corrected chi connectivity index (χ3v) is 4.03. The Bertz CT molecular complexity index is 838. The summed E-state index contributed by atoms with van der Waals surface area (Å²) in [6, 6.07) is 14.8. The first-order valence-electron chi connectivity index (χ1n) is 10.2. The zero-order valence-corrected chi connectivity index (χ0v) is 17.8. The molecule has 0 aliphatic rings. The fourth-order valence-corrected chi connectivity index (χ4v) is 2.62. The lowest BCUT2D eigenvalue weighted by atomic mass is 10.2. The van der Waals surface area contributed by atoms with Crippen LogP contribution in [0.3, 0.4) is 0 Å². The van der Waals surface area contributed by atoms with Crippen LogP contribution in [0.1, 0.15) is 44.2 Å². The molecule has 2 amide bonds. The van der Waals surface area contributed by atoms with Gasteiger partial charge in [0, 0.05) is 24.0 Å². The van der Waals surface area contributed by atoms with Gasteiger partial charge in [0.05, 0.1) is 25.6 Å². The number of benzene rings is 2. The summed E-state index contributed by atoms with van der Waals surface area (Å²) >= 11 is 0. The van der Waals surface area contributed by atoms with Crippen molar-refractivity contribution in [2.24, 2.45) is 10.2 Å². The second kappa shape index (κ2) is 13.5. The first-order valence-corrected chi connectivity index (χ1v) is 10.2. The SMILES string of the molecule is CCOc1ccccc1/C=N\NC(=O)CCCC(=O)N/N=C\c1ccccc1OCC. The van der Waals surface area contributed by atoms with Gasteiger partial charge in [0.25, 0.3) is 0 Å². The predicted octanol–water partition coefficient (Wildman–Crippen LogP) is 3.25. The zero-order valence-electron chi connectivity index (χ0n) is 17.8. The smallest absolute Gasteiger partial charge is 0.240 e. The molecule has 0 spiro atoms. The second-order valence-corrected chi connectivity index (χ2v) is 6.38. The Morgan fingerprint density at radius 3 is 1.61 bits per heavy atom. The van der Waals surface area contributed by atoms with Crippen LogP contribution in [0.2, 0.25) is 0 Å². The largest absolute Gasteiger partial charge is 0.493 e. The first-order chi connectivity index (χ1) is 15.1. The molecule has 0 bridgehead atoms. The van der Waals surface area contributed by atoms with Crippen molar-refractivity contribution in [3.63, 3.8) is 0 Å². The number of ether oxygens (including phenoxy) is 2. The number of carbonyl (C=O) groups excluding carboxylic acids is 2. The highest BCUT2D eigenvalue weighted by atomic mass is 16.5. The van der Waals surface area contributed by atoms with Crippen molar-refractivity contribution in [2.75, 3.05) is 13.2 Å². The van der Waals surface area contributed by atoms with E-state index in [1.807, 2.05) is 62.4 Å². The van der Waals surface area contributed by atoms with E-state index < -0.39 is 0 Å². The van der Waals surface area contributed by atoms with Crippen LogP contribution >= 0.6 is 0 Å². The fraction of sp³-hybridized carbons (Fsp3) is 0.304. The molecular weight excluding hydrogens is 396 g/mol. The van der Waals surface area contributed by atoms with Gasteiger partial charge in [0.2, 0.25) is 11.8 Å². The molecule has 2 aromatic carbocycles. The molecule has 2 aromatic rings. The maximum Gasteiger partial charge on any atom is 0.240 e. The predicted molar refractivity (Wildman–Crippen MR) is 121 cm³/mol. The van der Waals surface area contributed by atoms with E-state index in [4.69, 9.17) is 9.47 Å². The minimum Gasteiger partial charge on any atom is -0.493 e. The average Bonchev–Trinajstić information content (AvgIpc) is 2.76. The molecule has 164 valence electrons. The third-order valence-electron chi connectivity index (χ3n) is 4.03. The Hall–Kier alpha value is -3.68. The van der Waals surface area contributed by atoms with E-state index in [2.05, 4.69) is 21.1 Å². The molecule has 0 saturated heterocycles. The molecule has 0 aliphatic heterocycles. The number of hydrazone groups is 2. The number of nitrogens with zero attached hydrogens (tertiary/aromatic N) is 2. The Labute approximate surface area is 182 Å². The molecule has 0 aliphatic carbocycles. The topological polar surface area (TPSA) is 101 Å². The number of nitrogens with one attached hydrogen (secondary N) is 2. The Morgan fingerprint density at radius 1 is 0.774 bits per heavy atom. The van der Waals surface area contributed by atoms with Crippen LogP contribution in [0.5, 0.6) is 11.5 Å². The van der Waals surface area contributed by atoms with Crippen LogP contribution < -0.4 is 20.3 Å². The van der Waals surface area contributed by atoms with E-state index in [-0.39, 0.29) is 24.7 Å². The van der Waals surface area contributed by atoms with Gasteiger partial charge in [0.15, 0.2) is 0 Å². The average molecular weight is 425 g/mol. The number of para-hydroxylation sites is 2. The monoisotopic (exact) mass is 424 g/mol. The van der Waals surface area contributed by atoms with Crippen LogP contribution in [-0.2, 0) is 9.59 Å². The van der Waals surface area contributed by atoms with E-state index >= 15 is 0 Å². The standard InChI is InChI=1S/C23H28N4O4/c1-3-30-20-12-7-5-10-18(20)16-24-26-22(28)14-9-15-23(29)27-25-17-19-11-6-8-13-21(19)31-4-2/h5-8,10-13,16-17H,3-4,9,14-15H2,1-2H3,(H,26,28)(H,27,29)/b24-16-,25-17-. The highest BCUT2D eigenvalue weighted by Crippen LogP contribution is 2.16. The quantitative estimate of drug-likeness (QED) is 0.403. The van der Waals surface area contributed by atoms with Crippen molar-refractivity contribution in [1.29, 1.82) is 0 Å². The van der Waals surface area contributed by atoms with Crippen molar-refractivity contribution < 1.29 is 19.1 Å². The summed E-state index contributed by atoms with van der Waals surface area (Å²) in [4.78, 5) is 23.8. The molecule has 2 N–H and O–H groups in total. The van der Waals surface area contributed by atoms with Crippen LogP contribution in [0.25, 0.3) is 0 Å². The van der Waals surface area contributed by atoms with Gasteiger partial charge in [-0.05, 0) is 44.5 Å². The van der Waals surface area contributed by atoms with Gasteiger partial charge >= 0.3 is 0 Å². The first kappa shape index (κ1) is 23.6. The summed E-state index contributed by atoms with van der Waals surface area (Å²) in [5, 5.41) is 7.90. The molecule has 0 atom stereocenters. The van der Waals surface area contributed by atoms with Gasteiger partial charge < -0.3 is 9.47 Å². The lowest BCUT2D eigenvalue weighted by Gasteiger charge is -2.06. The van der Waals surface area contributed by atoms with Crippen molar-refractivity contribution in [1.82, 2.24) is 10.9 Å². The number of hydrogen-bond donors (Lipinski definition) is 2. The number of rotatable bonds is 12. The van der Waals surface area contributed by atoms with Gasteiger partial charge in [-0.3, -0.25) is 9.59 Å². The number of carbonyl (C=O) groups is 2.